The number of hydrogen-bond donors (Lipinski definition) is 0. The molecule has 0 atom stereocenters. The van der Waals surface area contributed by atoms with Crippen molar-refractivity contribution in [2.24, 2.45) is 0 Å². The molecule has 0 bridgehead atoms. The molecule has 0 aliphatic carbocycles. The van der Waals surface area contributed by atoms with Crippen molar-refractivity contribution in [1.29, 1.82) is 0 Å². The Morgan fingerprint density at radius 3 is 2.80 bits per heavy atom. The van der Waals surface area contributed by atoms with Crippen LogP contribution in [0.5, 0.6) is 0 Å². The minimum Gasteiger partial charge on any atom is -0.356 e. The lowest BCUT2D eigenvalue weighted by atomic mass is 10.1. The van der Waals surface area contributed by atoms with Crippen LogP contribution in [0.4, 0.5) is 0 Å². The summed E-state index contributed by atoms with van der Waals surface area (Å²) in [5, 5.41) is 4.01. The molecule has 0 radical (unpaired) electrons. The lowest BCUT2D eigenvalue weighted by Gasteiger charge is -1.91. The average molecular weight is 199 g/mol. The van der Waals surface area contributed by atoms with Crippen LogP contribution in [0.1, 0.15) is 12.1 Å². The molecule has 1 aromatic carbocycles. The van der Waals surface area contributed by atoms with Gasteiger partial charge in [0, 0.05) is 11.6 Å². The van der Waals surface area contributed by atoms with Gasteiger partial charge in [0.25, 0.3) is 0 Å². The highest BCUT2D eigenvalue weighted by atomic mass is 16.5. The monoisotopic (exact) mass is 199 g/mol. The molecule has 0 fully saturated rings. The quantitative estimate of drug-likeness (QED) is 0.705. The third kappa shape index (κ3) is 2.34. The highest BCUT2D eigenvalue weighted by Crippen LogP contribution is 2.20. The van der Waals surface area contributed by atoms with Crippen LogP contribution in [-0.4, -0.2) is 5.16 Å². The van der Waals surface area contributed by atoms with Gasteiger partial charge in [-0.1, -0.05) is 41.6 Å². The smallest absolute Gasteiger partial charge is 0.167 e. The Morgan fingerprint density at radius 1 is 1.27 bits per heavy atom. The fourth-order valence-corrected chi connectivity index (χ4v) is 1.42. The summed E-state index contributed by atoms with van der Waals surface area (Å²) in [5.41, 5.74) is 2.05. The minimum atomic E-state index is 0.828. The number of aryl methyl sites for hydroxylation is 1. The summed E-state index contributed by atoms with van der Waals surface area (Å²) in [6.45, 7) is 3.68. The van der Waals surface area contributed by atoms with E-state index in [0.29, 0.717) is 0 Å². The highest BCUT2D eigenvalue weighted by Gasteiger charge is 2.04. The second-order valence-electron chi connectivity index (χ2n) is 3.38. The normalized spacial score (nSPS) is 10.1. The summed E-state index contributed by atoms with van der Waals surface area (Å²) in [5.74, 6) is 0.828. The number of allylic oxidation sites excluding steroid dienone is 1. The van der Waals surface area contributed by atoms with Gasteiger partial charge in [0.2, 0.25) is 0 Å². The Bertz CT molecular complexity index is 431. The second kappa shape index (κ2) is 4.60. The van der Waals surface area contributed by atoms with Crippen LogP contribution in [0.3, 0.4) is 0 Å². The Morgan fingerprint density at radius 2 is 2.07 bits per heavy atom. The van der Waals surface area contributed by atoms with Crippen LogP contribution in [0, 0.1) is 0 Å². The van der Waals surface area contributed by atoms with Crippen molar-refractivity contribution in [1.82, 2.24) is 5.16 Å². The molecule has 0 spiro atoms. The van der Waals surface area contributed by atoms with Crippen LogP contribution in [-0.2, 0) is 6.42 Å². The number of rotatable bonds is 4. The van der Waals surface area contributed by atoms with Gasteiger partial charge in [0.1, 0.15) is 0 Å². The molecule has 2 rings (SSSR count). The summed E-state index contributed by atoms with van der Waals surface area (Å²) in [6, 6.07) is 12.0. The summed E-state index contributed by atoms with van der Waals surface area (Å²) in [6.07, 6.45) is 3.71. The summed E-state index contributed by atoms with van der Waals surface area (Å²) in [7, 11) is 0. The van der Waals surface area contributed by atoms with E-state index in [1.54, 1.807) is 0 Å². The zero-order valence-electron chi connectivity index (χ0n) is 8.52. The lowest BCUT2D eigenvalue weighted by Crippen LogP contribution is -1.80. The van der Waals surface area contributed by atoms with Crippen LogP contribution >= 0.6 is 0 Å². The van der Waals surface area contributed by atoms with Crippen LogP contribution in [0.15, 0.2) is 53.6 Å². The maximum Gasteiger partial charge on any atom is 0.167 e. The molecule has 1 aromatic heterocycles. The van der Waals surface area contributed by atoms with Crippen molar-refractivity contribution < 1.29 is 4.52 Å². The first-order valence-corrected chi connectivity index (χ1v) is 5.02. The highest BCUT2D eigenvalue weighted by molar-refractivity contribution is 5.56. The number of nitrogens with zero attached hydrogens (tertiary/aromatic N) is 1. The molecule has 76 valence electrons. The Balaban J connectivity index is 2.17. The van der Waals surface area contributed by atoms with Crippen molar-refractivity contribution in [2.75, 3.05) is 0 Å². The molecule has 0 aliphatic rings. The van der Waals surface area contributed by atoms with E-state index in [1.807, 2.05) is 42.5 Å². The second-order valence-corrected chi connectivity index (χ2v) is 3.38. The average Bonchev–Trinajstić information content (AvgIpc) is 2.76. The Hall–Kier alpha value is -1.83. The van der Waals surface area contributed by atoms with E-state index in [2.05, 4.69) is 11.7 Å². The fourth-order valence-electron chi connectivity index (χ4n) is 1.42. The van der Waals surface area contributed by atoms with E-state index in [9.17, 15) is 0 Å². The van der Waals surface area contributed by atoms with Gasteiger partial charge >= 0.3 is 0 Å². The van der Waals surface area contributed by atoms with Crippen LogP contribution in [0.2, 0.25) is 0 Å². The lowest BCUT2D eigenvalue weighted by molar-refractivity contribution is 0.423. The van der Waals surface area contributed by atoms with E-state index >= 15 is 0 Å². The molecule has 2 nitrogen and oxygen atoms in total. The van der Waals surface area contributed by atoms with Crippen molar-refractivity contribution in [3.8, 4) is 11.3 Å². The van der Waals surface area contributed by atoms with E-state index in [1.165, 1.54) is 0 Å². The molecule has 0 amide bonds. The first kappa shape index (κ1) is 9.71. The van der Waals surface area contributed by atoms with Gasteiger partial charge in [-0.3, -0.25) is 0 Å². The van der Waals surface area contributed by atoms with Gasteiger partial charge in [-0.15, -0.1) is 6.58 Å². The van der Waals surface area contributed by atoms with Crippen LogP contribution in [0.25, 0.3) is 11.3 Å². The number of aromatic nitrogens is 1. The van der Waals surface area contributed by atoms with Gasteiger partial charge in [-0.05, 0) is 12.8 Å². The molecule has 15 heavy (non-hydrogen) atoms. The SMILES string of the molecule is C=CCCc1cc(-c2ccccc2)on1. The maximum atomic E-state index is 5.26. The fraction of sp³-hybridized carbons (Fsp3) is 0.154. The van der Waals surface area contributed by atoms with Crippen molar-refractivity contribution >= 4 is 0 Å². The predicted molar refractivity (Wildman–Crippen MR) is 60.5 cm³/mol. The Kier molecular flexibility index (Phi) is 2.98. The zero-order chi connectivity index (χ0) is 10.5. The maximum absolute atomic E-state index is 5.26. The van der Waals surface area contributed by atoms with E-state index in [4.69, 9.17) is 4.52 Å². The molecular formula is C13H13NO. The molecule has 2 aromatic rings. The van der Waals surface area contributed by atoms with E-state index in [-0.39, 0.29) is 0 Å². The van der Waals surface area contributed by atoms with Crippen molar-refractivity contribution in [3.63, 3.8) is 0 Å². The van der Waals surface area contributed by atoms with Gasteiger partial charge < -0.3 is 4.52 Å². The molecule has 0 saturated carbocycles. The van der Waals surface area contributed by atoms with Gasteiger partial charge in [0.05, 0.1) is 5.69 Å². The van der Waals surface area contributed by atoms with Crippen LogP contribution < -0.4 is 0 Å². The summed E-state index contributed by atoms with van der Waals surface area (Å²) < 4.78 is 5.26. The molecule has 1 heterocycles. The number of benzene rings is 1. The molecule has 0 N–H and O–H groups in total. The molecule has 2 heteroatoms. The largest absolute Gasteiger partial charge is 0.356 e. The van der Waals surface area contributed by atoms with Crippen molar-refractivity contribution in [3.05, 3.63) is 54.7 Å². The predicted octanol–water partition coefficient (Wildman–Crippen LogP) is 3.46. The third-order valence-corrected chi connectivity index (χ3v) is 2.22. The summed E-state index contributed by atoms with van der Waals surface area (Å²) >= 11 is 0. The van der Waals surface area contributed by atoms with Gasteiger partial charge in [0.15, 0.2) is 5.76 Å². The first-order valence-electron chi connectivity index (χ1n) is 5.02. The van der Waals surface area contributed by atoms with Crippen molar-refractivity contribution in [2.45, 2.75) is 12.8 Å². The summed E-state index contributed by atoms with van der Waals surface area (Å²) in [4.78, 5) is 0. The van der Waals surface area contributed by atoms with E-state index < -0.39 is 0 Å². The number of hydrogen-bond acceptors (Lipinski definition) is 2. The van der Waals surface area contributed by atoms with Gasteiger partial charge in [-0.2, -0.15) is 0 Å². The molecule has 0 unspecified atom stereocenters. The topological polar surface area (TPSA) is 26.0 Å². The standard InChI is InChI=1S/C13H13NO/c1-2-3-9-12-10-13(15-14-12)11-7-5-4-6-8-11/h2,4-8,10H,1,3,9H2. The van der Waals surface area contributed by atoms with E-state index in [0.717, 1.165) is 29.9 Å². The first-order chi connectivity index (χ1) is 7.40. The molecule has 0 saturated heterocycles. The minimum absolute atomic E-state index is 0.828. The molecular weight excluding hydrogens is 186 g/mol. The van der Waals surface area contributed by atoms with Gasteiger partial charge in [-0.25, -0.2) is 0 Å². The Labute approximate surface area is 89.2 Å². The third-order valence-electron chi connectivity index (χ3n) is 2.22. The molecule has 0 aliphatic heterocycles. The zero-order valence-corrected chi connectivity index (χ0v) is 8.52.